The molecule has 3 amide bonds. The molecule has 0 atom stereocenters. The fourth-order valence-corrected chi connectivity index (χ4v) is 4.06. The first-order chi connectivity index (χ1) is 13.2. The third-order valence-electron chi connectivity index (χ3n) is 5.93. The molecule has 0 unspecified atom stereocenters. The van der Waals surface area contributed by atoms with Crippen molar-refractivity contribution >= 4 is 17.7 Å². The Kier molecular flexibility index (Phi) is 7.87. The molecule has 0 radical (unpaired) electrons. The summed E-state index contributed by atoms with van der Waals surface area (Å²) < 4.78 is 0. The predicted molar refractivity (Wildman–Crippen MR) is 110 cm³/mol. The highest BCUT2D eigenvalue weighted by Gasteiger charge is 2.34. The van der Waals surface area contributed by atoms with E-state index in [2.05, 4.69) is 4.90 Å². The van der Waals surface area contributed by atoms with Crippen LogP contribution >= 0.6 is 0 Å². The van der Waals surface area contributed by atoms with Crippen LogP contribution in [0.3, 0.4) is 0 Å². The van der Waals surface area contributed by atoms with Crippen molar-refractivity contribution in [3.63, 3.8) is 0 Å². The lowest BCUT2D eigenvalue weighted by Crippen LogP contribution is -2.54. The van der Waals surface area contributed by atoms with E-state index >= 15 is 0 Å². The Morgan fingerprint density at radius 1 is 0.857 bits per heavy atom. The molecule has 7 nitrogen and oxygen atoms in total. The number of rotatable bonds is 5. The first-order valence-electron chi connectivity index (χ1n) is 10.8. The van der Waals surface area contributed by atoms with Crippen LogP contribution in [-0.4, -0.2) is 96.2 Å². The number of likely N-dealkylation sites (N-methyl/N-ethyl adjacent to an activating group) is 1. The molecule has 7 heteroatoms. The lowest BCUT2D eigenvalue weighted by atomic mass is 9.90. The standard InChI is InChI=1S/C21H38N4O3/c1-6-23(7-2)18(26)16-22-12-14-24(15-13-22)19(27)17-8-10-25(11-9-17)20(28)21(3,4)5/h17H,6-16H2,1-5H3. The summed E-state index contributed by atoms with van der Waals surface area (Å²) in [6.07, 6.45) is 1.50. The molecule has 2 rings (SSSR count). The fourth-order valence-electron chi connectivity index (χ4n) is 4.06. The Labute approximate surface area is 170 Å². The van der Waals surface area contributed by atoms with Crippen LogP contribution in [0.1, 0.15) is 47.5 Å². The molecular formula is C21H38N4O3. The molecule has 2 aliphatic heterocycles. The van der Waals surface area contributed by atoms with Gasteiger partial charge in [0.05, 0.1) is 6.54 Å². The highest BCUT2D eigenvalue weighted by molar-refractivity contribution is 5.83. The van der Waals surface area contributed by atoms with Gasteiger partial charge in [0.15, 0.2) is 0 Å². The van der Waals surface area contributed by atoms with Gasteiger partial charge in [-0.3, -0.25) is 19.3 Å². The summed E-state index contributed by atoms with van der Waals surface area (Å²) in [7, 11) is 0. The van der Waals surface area contributed by atoms with E-state index in [-0.39, 0.29) is 29.1 Å². The van der Waals surface area contributed by atoms with Gasteiger partial charge in [0, 0.05) is 63.7 Å². The Morgan fingerprint density at radius 3 is 1.86 bits per heavy atom. The molecule has 160 valence electrons. The topological polar surface area (TPSA) is 64.2 Å². The van der Waals surface area contributed by atoms with Crippen LogP contribution in [0.15, 0.2) is 0 Å². The first-order valence-corrected chi connectivity index (χ1v) is 10.8. The van der Waals surface area contributed by atoms with Crippen LogP contribution in [0.4, 0.5) is 0 Å². The zero-order valence-electron chi connectivity index (χ0n) is 18.4. The normalized spacial score (nSPS) is 19.6. The van der Waals surface area contributed by atoms with E-state index in [1.165, 1.54) is 0 Å². The molecule has 2 aliphatic rings. The van der Waals surface area contributed by atoms with Crippen LogP contribution < -0.4 is 0 Å². The number of likely N-dealkylation sites (tertiary alicyclic amines) is 1. The van der Waals surface area contributed by atoms with Crippen molar-refractivity contribution < 1.29 is 14.4 Å². The number of carbonyl (C=O) groups is 3. The molecule has 28 heavy (non-hydrogen) atoms. The number of nitrogens with zero attached hydrogens (tertiary/aromatic N) is 4. The zero-order chi connectivity index (χ0) is 20.9. The molecule has 0 spiro atoms. The van der Waals surface area contributed by atoms with Crippen LogP contribution in [0.5, 0.6) is 0 Å². The lowest BCUT2D eigenvalue weighted by molar-refractivity contribution is -0.146. The molecule has 0 bridgehead atoms. The molecule has 0 saturated carbocycles. The van der Waals surface area contributed by atoms with Crippen molar-refractivity contribution in [2.24, 2.45) is 11.3 Å². The summed E-state index contributed by atoms with van der Waals surface area (Å²) in [6, 6.07) is 0. The average molecular weight is 395 g/mol. The number of piperazine rings is 1. The van der Waals surface area contributed by atoms with Crippen LogP contribution in [-0.2, 0) is 14.4 Å². The van der Waals surface area contributed by atoms with Crippen molar-refractivity contribution in [3.05, 3.63) is 0 Å². The van der Waals surface area contributed by atoms with E-state index in [4.69, 9.17) is 0 Å². The highest BCUT2D eigenvalue weighted by Crippen LogP contribution is 2.25. The lowest BCUT2D eigenvalue weighted by Gasteiger charge is -2.39. The quantitative estimate of drug-likeness (QED) is 0.705. The number of hydrogen-bond donors (Lipinski definition) is 0. The molecular weight excluding hydrogens is 356 g/mol. The molecule has 2 fully saturated rings. The number of amides is 3. The van der Waals surface area contributed by atoms with E-state index in [9.17, 15) is 14.4 Å². The molecule has 0 N–H and O–H groups in total. The Balaban J connectivity index is 1.77. The van der Waals surface area contributed by atoms with Gasteiger partial charge >= 0.3 is 0 Å². The number of hydrogen-bond acceptors (Lipinski definition) is 4. The SMILES string of the molecule is CCN(CC)C(=O)CN1CCN(C(=O)C2CCN(C(=O)C(C)(C)C)CC2)CC1. The van der Waals surface area contributed by atoms with Crippen molar-refractivity contribution in [2.45, 2.75) is 47.5 Å². The van der Waals surface area contributed by atoms with E-state index in [1.807, 2.05) is 49.3 Å². The van der Waals surface area contributed by atoms with Gasteiger partial charge in [-0.05, 0) is 26.7 Å². The second-order valence-corrected chi connectivity index (χ2v) is 8.98. The minimum Gasteiger partial charge on any atom is -0.342 e. The summed E-state index contributed by atoms with van der Waals surface area (Å²) in [4.78, 5) is 45.4. The molecule has 2 saturated heterocycles. The van der Waals surface area contributed by atoms with Crippen molar-refractivity contribution in [1.29, 1.82) is 0 Å². The summed E-state index contributed by atoms with van der Waals surface area (Å²) in [5.41, 5.74) is -0.365. The van der Waals surface area contributed by atoms with Gasteiger partial charge in [0.1, 0.15) is 0 Å². The second kappa shape index (κ2) is 9.72. The predicted octanol–water partition coefficient (Wildman–Crippen LogP) is 1.28. The maximum atomic E-state index is 12.9. The molecule has 0 aromatic heterocycles. The van der Waals surface area contributed by atoms with Crippen LogP contribution in [0.25, 0.3) is 0 Å². The Morgan fingerprint density at radius 2 is 1.39 bits per heavy atom. The Bertz CT molecular complexity index is 552. The fraction of sp³-hybridized carbons (Fsp3) is 0.857. The minimum atomic E-state index is -0.365. The third kappa shape index (κ3) is 5.69. The minimum absolute atomic E-state index is 0.0212. The molecule has 0 aromatic rings. The molecule has 0 aromatic carbocycles. The zero-order valence-corrected chi connectivity index (χ0v) is 18.4. The maximum Gasteiger partial charge on any atom is 0.236 e. The summed E-state index contributed by atoms with van der Waals surface area (Å²) >= 11 is 0. The Hall–Kier alpha value is -1.63. The molecule has 2 heterocycles. The van der Waals surface area contributed by atoms with Crippen LogP contribution in [0, 0.1) is 11.3 Å². The number of carbonyl (C=O) groups excluding carboxylic acids is 3. The highest BCUT2D eigenvalue weighted by atomic mass is 16.2. The van der Waals surface area contributed by atoms with E-state index in [1.54, 1.807) is 0 Å². The van der Waals surface area contributed by atoms with Gasteiger partial charge in [-0.25, -0.2) is 0 Å². The maximum absolute atomic E-state index is 12.9. The van der Waals surface area contributed by atoms with Gasteiger partial charge in [-0.2, -0.15) is 0 Å². The second-order valence-electron chi connectivity index (χ2n) is 8.98. The van der Waals surface area contributed by atoms with Gasteiger partial charge < -0.3 is 14.7 Å². The van der Waals surface area contributed by atoms with Crippen molar-refractivity contribution in [1.82, 2.24) is 19.6 Å². The monoisotopic (exact) mass is 394 g/mol. The average Bonchev–Trinajstić information content (AvgIpc) is 2.68. The summed E-state index contributed by atoms with van der Waals surface area (Å²) in [6.45, 7) is 16.0. The smallest absolute Gasteiger partial charge is 0.236 e. The number of piperidine rings is 1. The van der Waals surface area contributed by atoms with E-state index in [0.29, 0.717) is 32.7 Å². The molecule has 0 aliphatic carbocycles. The van der Waals surface area contributed by atoms with Crippen LogP contribution in [0.2, 0.25) is 0 Å². The first kappa shape index (κ1) is 22.7. The summed E-state index contributed by atoms with van der Waals surface area (Å²) in [5.74, 6) is 0.580. The summed E-state index contributed by atoms with van der Waals surface area (Å²) in [5, 5.41) is 0. The van der Waals surface area contributed by atoms with Crippen molar-refractivity contribution in [2.75, 3.05) is 58.9 Å². The third-order valence-corrected chi connectivity index (χ3v) is 5.93. The van der Waals surface area contributed by atoms with Gasteiger partial charge in [0.2, 0.25) is 17.7 Å². The van der Waals surface area contributed by atoms with Gasteiger partial charge in [-0.15, -0.1) is 0 Å². The van der Waals surface area contributed by atoms with E-state index < -0.39 is 0 Å². The van der Waals surface area contributed by atoms with E-state index in [0.717, 1.165) is 39.0 Å². The largest absolute Gasteiger partial charge is 0.342 e. The van der Waals surface area contributed by atoms with Gasteiger partial charge in [-0.1, -0.05) is 20.8 Å². The van der Waals surface area contributed by atoms with Gasteiger partial charge in [0.25, 0.3) is 0 Å². The van der Waals surface area contributed by atoms with Crippen molar-refractivity contribution in [3.8, 4) is 0 Å².